The number of hydrogen-bond acceptors (Lipinski definition) is 5. The second kappa shape index (κ2) is 7.04. The zero-order valence-electron chi connectivity index (χ0n) is 12.3. The maximum absolute atomic E-state index is 12.0. The molecule has 1 aromatic heterocycles. The van der Waals surface area contributed by atoms with Crippen molar-refractivity contribution in [3.8, 4) is 6.07 Å². The number of furan rings is 1. The molecule has 23 heavy (non-hydrogen) atoms. The van der Waals surface area contributed by atoms with Gasteiger partial charge in [0.15, 0.2) is 0 Å². The monoisotopic (exact) mass is 311 g/mol. The highest BCUT2D eigenvalue weighted by atomic mass is 16.6. The number of rotatable bonds is 5. The highest BCUT2D eigenvalue weighted by Crippen LogP contribution is 2.14. The number of aryl methyl sites for hydroxylation is 1. The predicted octanol–water partition coefficient (Wildman–Crippen LogP) is 2.72. The lowest BCUT2D eigenvalue weighted by molar-refractivity contribution is -0.384. The Morgan fingerprint density at radius 1 is 1.35 bits per heavy atom. The van der Waals surface area contributed by atoms with Crippen molar-refractivity contribution in [3.05, 3.63) is 69.2 Å². The summed E-state index contributed by atoms with van der Waals surface area (Å²) in [6.07, 6.45) is 1.37. The molecule has 7 nitrogen and oxygen atoms in total. The van der Waals surface area contributed by atoms with Gasteiger partial charge in [0.25, 0.3) is 11.6 Å². The molecule has 0 fully saturated rings. The third-order valence-electron chi connectivity index (χ3n) is 3.00. The van der Waals surface area contributed by atoms with Crippen molar-refractivity contribution in [3.63, 3.8) is 0 Å². The van der Waals surface area contributed by atoms with E-state index in [4.69, 9.17) is 9.68 Å². The molecule has 0 radical (unpaired) electrons. The smallest absolute Gasteiger partial charge is 0.269 e. The molecule has 0 aliphatic carbocycles. The van der Waals surface area contributed by atoms with Crippen molar-refractivity contribution in [2.24, 2.45) is 0 Å². The molecule has 2 rings (SSSR count). The summed E-state index contributed by atoms with van der Waals surface area (Å²) in [5.41, 5.74) is 0.372. The first-order valence-corrected chi connectivity index (χ1v) is 6.69. The van der Waals surface area contributed by atoms with Crippen molar-refractivity contribution in [1.82, 2.24) is 5.32 Å². The van der Waals surface area contributed by atoms with Crippen molar-refractivity contribution in [1.29, 1.82) is 5.26 Å². The summed E-state index contributed by atoms with van der Waals surface area (Å²) >= 11 is 0. The van der Waals surface area contributed by atoms with Crippen LogP contribution in [-0.4, -0.2) is 10.8 Å². The molecule has 7 heteroatoms. The average Bonchev–Trinajstić information content (AvgIpc) is 2.96. The SMILES string of the molecule is Cc1ccc(CNC(=O)/C(C#N)=C/c2ccc([N+](=O)[O-])cc2)o1. The van der Waals surface area contributed by atoms with E-state index in [1.54, 1.807) is 19.1 Å². The Bertz CT molecular complexity index is 797. The minimum atomic E-state index is -0.542. The topological polar surface area (TPSA) is 109 Å². The van der Waals surface area contributed by atoms with Crippen LogP contribution in [0, 0.1) is 28.4 Å². The first-order valence-electron chi connectivity index (χ1n) is 6.69. The predicted molar refractivity (Wildman–Crippen MR) is 82.0 cm³/mol. The molecular weight excluding hydrogens is 298 g/mol. The van der Waals surface area contributed by atoms with Crippen LogP contribution in [0.1, 0.15) is 17.1 Å². The summed E-state index contributed by atoms with van der Waals surface area (Å²) in [6.45, 7) is 1.96. The van der Waals surface area contributed by atoms with E-state index in [2.05, 4.69) is 5.32 Å². The fourth-order valence-corrected chi connectivity index (χ4v) is 1.85. The first kappa shape index (κ1) is 16.0. The van der Waals surface area contributed by atoms with E-state index in [1.807, 2.05) is 6.07 Å². The zero-order chi connectivity index (χ0) is 16.8. The quantitative estimate of drug-likeness (QED) is 0.395. The molecular formula is C16H13N3O4. The van der Waals surface area contributed by atoms with Gasteiger partial charge < -0.3 is 9.73 Å². The average molecular weight is 311 g/mol. The molecule has 2 aromatic rings. The molecule has 116 valence electrons. The highest BCUT2D eigenvalue weighted by molar-refractivity contribution is 6.01. The van der Waals surface area contributed by atoms with E-state index in [0.717, 1.165) is 5.76 Å². The van der Waals surface area contributed by atoms with Gasteiger partial charge in [0.2, 0.25) is 0 Å². The Kier molecular flexibility index (Phi) is 4.89. The van der Waals surface area contributed by atoms with E-state index in [9.17, 15) is 14.9 Å². The molecule has 0 atom stereocenters. The second-order valence-corrected chi connectivity index (χ2v) is 4.71. The van der Waals surface area contributed by atoms with Gasteiger partial charge in [-0.15, -0.1) is 0 Å². The van der Waals surface area contributed by atoms with Crippen LogP contribution in [0.2, 0.25) is 0 Å². The summed E-state index contributed by atoms with van der Waals surface area (Å²) in [5, 5.41) is 22.3. The fraction of sp³-hybridized carbons (Fsp3) is 0.125. The molecule has 1 aromatic carbocycles. The molecule has 0 saturated heterocycles. The van der Waals surface area contributed by atoms with Crippen LogP contribution in [0.4, 0.5) is 5.69 Å². The lowest BCUT2D eigenvalue weighted by Gasteiger charge is -2.02. The van der Waals surface area contributed by atoms with Gasteiger partial charge in [-0.1, -0.05) is 0 Å². The maximum atomic E-state index is 12.0. The van der Waals surface area contributed by atoms with Crippen molar-refractivity contribution >= 4 is 17.7 Å². The van der Waals surface area contributed by atoms with Crippen molar-refractivity contribution in [2.75, 3.05) is 0 Å². The van der Waals surface area contributed by atoms with Gasteiger partial charge in [-0.2, -0.15) is 5.26 Å². The van der Waals surface area contributed by atoms with Gasteiger partial charge in [-0.25, -0.2) is 0 Å². The molecule has 1 N–H and O–H groups in total. The lowest BCUT2D eigenvalue weighted by Crippen LogP contribution is -2.23. The third kappa shape index (κ3) is 4.28. The van der Waals surface area contributed by atoms with Crippen LogP contribution in [0.3, 0.4) is 0 Å². The van der Waals surface area contributed by atoms with Gasteiger partial charge in [-0.3, -0.25) is 14.9 Å². The van der Waals surface area contributed by atoms with Gasteiger partial charge in [0.05, 0.1) is 11.5 Å². The highest BCUT2D eigenvalue weighted by Gasteiger charge is 2.10. The minimum Gasteiger partial charge on any atom is -0.465 e. The third-order valence-corrected chi connectivity index (χ3v) is 3.00. The first-order chi connectivity index (χ1) is 11.0. The zero-order valence-corrected chi connectivity index (χ0v) is 12.3. The number of benzene rings is 1. The lowest BCUT2D eigenvalue weighted by atomic mass is 10.1. The number of amides is 1. The van der Waals surface area contributed by atoms with Crippen molar-refractivity contribution < 1.29 is 14.1 Å². The van der Waals surface area contributed by atoms with E-state index >= 15 is 0 Å². The number of nitro benzene ring substituents is 1. The molecule has 0 spiro atoms. The number of carbonyl (C=O) groups excluding carboxylic acids is 1. The summed E-state index contributed by atoms with van der Waals surface area (Å²) < 4.78 is 5.32. The number of non-ortho nitro benzene ring substituents is 1. The van der Waals surface area contributed by atoms with Crippen LogP contribution in [-0.2, 0) is 11.3 Å². The maximum Gasteiger partial charge on any atom is 0.269 e. The van der Waals surface area contributed by atoms with Crippen LogP contribution < -0.4 is 5.32 Å². The Labute approximate surface area is 132 Å². The van der Waals surface area contributed by atoms with Gasteiger partial charge >= 0.3 is 0 Å². The van der Waals surface area contributed by atoms with Gasteiger partial charge in [-0.05, 0) is 42.8 Å². The fourth-order valence-electron chi connectivity index (χ4n) is 1.85. The molecule has 0 unspecified atom stereocenters. The van der Waals surface area contributed by atoms with Crippen LogP contribution in [0.25, 0.3) is 6.08 Å². The van der Waals surface area contributed by atoms with E-state index in [0.29, 0.717) is 11.3 Å². The Balaban J connectivity index is 2.07. The second-order valence-electron chi connectivity index (χ2n) is 4.71. The number of nitrogens with one attached hydrogen (secondary N) is 1. The van der Waals surface area contributed by atoms with E-state index in [-0.39, 0.29) is 17.8 Å². The van der Waals surface area contributed by atoms with Gasteiger partial charge in [0, 0.05) is 12.1 Å². The number of nitriles is 1. The summed E-state index contributed by atoms with van der Waals surface area (Å²) in [6, 6.07) is 10.9. The summed E-state index contributed by atoms with van der Waals surface area (Å²) in [4.78, 5) is 22.1. The van der Waals surface area contributed by atoms with Crippen LogP contribution in [0.5, 0.6) is 0 Å². The molecule has 0 aliphatic heterocycles. The largest absolute Gasteiger partial charge is 0.465 e. The molecule has 0 aliphatic rings. The Morgan fingerprint density at radius 3 is 2.57 bits per heavy atom. The Hall–Kier alpha value is -3.40. The standard InChI is InChI=1S/C16H13N3O4/c1-11-2-7-15(23-11)10-18-16(20)13(9-17)8-12-3-5-14(6-4-12)19(21)22/h2-8H,10H2,1H3,(H,18,20)/b13-8+. The van der Waals surface area contributed by atoms with Gasteiger partial charge in [0.1, 0.15) is 23.2 Å². The van der Waals surface area contributed by atoms with Crippen LogP contribution >= 0.6 is 0 Å². The minimum absolute atomic E-state index is 0.0571. The molecule has 1 amide bonds. The summed E-state index contributed by atoms with van der Waals surface area (Å²) in [5.74, 6) is 0.777. The molecule has 1 heterocycles. The number of nitro groups is 1. The number of hydrogen-bond donors (Lipinski definition) is 1. The molecule has 0 saturated carbocycles. The Morgan fingerprint density at radius 2 is 2.04 bits per heavy atom. The summed E-state index contributed by atoms with van der Waals surface area (Å²) in [7, 11) is 0. The molecule has 0 bridgehead atoms. The van der Waals surface area contributed by atoms with Crippen LogP contribution in [0.15, 0.2) is 46.4 Å². The van der Waals surface area contributed by atoms with Crippen molar-refractivity contribution in [2.45, 2.75) is 13.5 Å². The van der Waals surface area contributed by atoms with E-state index in [1.165, 1.54) is 30.3 Å². The van der Waals surface area contributed by atoms with E-state index < -0.39 is 10.8 Å². The normalized spacial score (nSPS) is 10.9. The number of nitrogens with zero attached hydrogens (tertiary/aromatic N) is 2. The number of carbonyl (C=O) groups is 1.